The molecule has 0 saturated carbocycles. The summed E-state index contributed by atoms with van der Waals surface area (Å²) in [6.45, 7) is 1.72. The molecule has 1 aromatic heterocycles. The van der Waals surface area contributed by atoms with Gasteiger partial charge in [-0.2, -0.15) is 0 Å². The first kappa shape index (κ1) is 16.6. The van der Waals surface area contributed by atoms with Gasteiger partial charge in [-0.15, -0.1) is 11.3 Å². The zero-order valence-electron chi connectivity index (χ0n) is 12.5. The minimum atomic E-state index is -0.968. The van der Waals surface area contributed by atoms with Crippen molar-refractivity contribution in [2.75, 3.05) is 11.5 Å². The second-order valence-electron chi connectivity index (χ2n) is 4.39. The van der Waals surface area contributed by atoms with Gasteiger partial charge < -0.3 is 4.74 Å². The maximum Gasteiger partial charge on any atom is 0.397 e. The van der Waals surface area contributed by atoms with E-state index in [2.05, 4.69) is 0 Å². The summed E-state index contributed by atoms with van der Waals surface area (Å²) in [6.07, 6.45) is 2.55. The van der Waals surface area contributed by atoms with Crippen molar-refractivity contribution in [1.29, 1.82) is 0 Å². The number of ether oxygens (including phenoxy) is 1. The second kappa shape index (κ2) is 8.05. The van der Waals surface area contributed by atoms with E-state index >= 15 is 0 Å². The lowest BCUT2D eigenvalue weighted by Crippen LogP contribution is -2.34. The predicted octanol–water partition coefficient (Wildman–Crippen LogP) is 3.04. The predicted molar refractivity (Wildman–Crippen MR) is 88.4 cm³/mol. The Morgan fingerprint density at radius 3 is 2.48 bits per heavy atom. The maximum atomic E-state index is 12.2. The summed E-state index contributed by atoms with van der Waals surface area (Å²) in [5.41, 5.74) is 0.473. The van der Waals surface area contributed by atoms with Crippen LogP contribution in [0.1, 0.15) is 16.6 Å². The zero-order valence-corrected chi connectivity index (χ0v) is 13.3. The van der Waals surface area contributed by atoms with Gasteiger partial charge in [-0.1, -0.05) is 24.3 Å². The van der Waals surface area contributed by atoms with Crippen molar-refractivity contribution in [3.05, 3.63) is 65.0 Å². The van der Waals surface area contributed by atoms with E-state index in [1.54, 1.807) is 54.8 Å². The molecule has 0 bridgehead atoms. The van der Waals surface area contributed by atoms with Crippen molar-refractivity contribution in [2.45, 2.75) is 6.92 Å². The Morgan fingerprint density at radius 2 is 1.87 bits per heavy atom. The summed E-state index contributed by atoms with van der Waals surface area (Å²) >= 11 is 1.31. The largest absolute Gasteiger partial charge is 0.459 e. The van der Waals surface area contributed by atoms with E-state index in [1.165, 1.54) is 23.6 Å². The van der Waals surface area contributed by atoms with E-state index in [-0.39, 0.29) is 12.4 Å². The highest BCUT2D eigenvalue weighted by Gasteiger charge is 2.23. The number of carbonyl (C=O) groups is 3. The number of carbonyl (C=O) groups excluding carboxylic acids is 3. The van der Waals surface area contributed by atoms with Crippen molar-refractivity contribution < 1.29 is 19.1 Å². The van der Waals surface area contributed by atoms with Gasteiger partial charge in [0.2, 0.25) is 0 Å². The van der Waals surface area contributed by atoms with E-state index < -0.39 is 11.9 Å². The van der Waals surface area contributed by atoms with Crippen LogP contribution in [0.2, 0.25) is 0 Å². The molecule has 0 atom stereocenters. The molecule has 0 N–H and O–H groups in total. The van der Waals surface area contributed by atoms with E-state index in [1.807, 2.05) is 0 Å². The molecule has 2 aromatic rings. The van der Waals surface area contributed by atoms with Gasteiger partial charge in [0.1, 0.15) is 0 Å². The van der Waals surface area contributed by atoms with Gasteiger partial charge >= 0.3 is 11.9 Å². The first-order valence-electron chi connectivity index (χ1n) is 6.95. The van der Waals surface area contributed by atoms with Gasteiger partial charge in [-0.05, 0) is 30.5 Å². The van der Waals surface area contributed by atoms with E-state index in [0.717, 1.165) is 4.90 Å². The molecule has 0 aliphatic rings. The molecule has 23 heavy (non-hydrogen) atoms. The van der Waals surface area contributed by atoms with Crippen LogP contribution in [-0.4, -0.2) is 24.3 Å². The summed E-state index contributed by atoms with van der Waals surface area (Å²) in [4.78, 5) is 37.6. The van der Waals surface area contributed by atoms with Gasteiger partial charge in [0.25, 0.3) is 0 Å². The van der Waals surface area contributed by atoms with Crippen LogP contribution >= 0.6 is 11.3 Å². The van der Waals surface area contributed by atoms with Crippen LogP contribution in [0.3, 0.4) is 0 Å². The lowest BCUT2D eigenvalue weighted by atomic mass is 10.2. The van der Waals surface area contributed by atoms with Crippen molar-refractivity contribution in [2.24, 2.45) is 0 Å². The third-order valence-corrected chi connectivity index (χ3v) is 3.73. The molecule has 1 heterocycles. The molecule has 0 aliphatic heterocycles. The molecule has 2 rings (SSSR count). The molecule has 118 valence electrons. The van der Waals surface area contributed by atoms with Crippen LogP contribution in [0.25, 0.3) is 0 Å². The smallest absolute Gasteiger partial charge is 0.397 e. The van der Waals surface area contributed by atoms with Gasteiger partial charge in [0.15, 0.2) is 5.78 Å². The standard InChI is InChI=1S/C17H15NO4S/c1-2-22-17(21)16(20)18(13-7-4-3-5-8-13)11-10-14(19)15-9-6-12-23-15/h3-12H,2H2,1H3/b11-10+. The number of allylic oxidation sites excluding steroid dienone is 1. The highest BCUT2D eigenvalue weighted by atomic mass is 32.1. The molecule has 6 heteroatoms. The number of rotatable bonds is 5. The number of amides is 1. The number of nitrogens with zero attached hydrogens (tertiary/aromatic N) is 1. The molecule has 0 saturated heterocycles. The average Bonchev–Trinajstić information content (AvgIpc) is 3.10. The normalized spacial score (nSPS) is 10.5. The zero-order chi connectivity index (χ0) is 16.7. The fourth-order valence-electron chi connectivity index (χ4n) is 1.79. The summed E-state index contributed by atoms with van der Waals surface area (Å²) in [5.74, 6) is -2.06. The second-order valence-corrected chi connectivity index (χ2v) is 5.34. The Labute approximate surface area is 137 Å². The van der Waals surface area contributed by atoms with Crippen LogP contribution in [-0.2, 0) is 14.3 Å². The Morgan fingerprint density at radius 1 is 1.13 bits per heavy atom. The van der Waals surface area contributed by atoms with Gasteiger partial charge in [0, 0.05) is 18.0 Å². The number of ketones is 1. The number of benzene rings is 1. The fourth-order valence-corrected chi connectivity index (χ4v) is 2.44. The molecular formula is C17H15NO4S. The third kappa shape index (κ3) is 4.37. The molecule has 1 amide bonds. The number of para-hydroxylation sites is 1. The number of thiophene rings is 1. The quantitative estimate of drug-likeness (QED) is 0.366. The number of hydrogen-bond acceptors (Lipinski definition) is 5. The third-order valence-electron chi connectivity index (χ3n) is 2.84. The van der Waals surface area contributed by atoms with Crippen molar-refractivity contribution in [3.8, 4) is 0 Å². The minimum absolute atomic E-state index is 0.102. The highest BCUT2D eigenvalue weighted by Crippen LogP contribution is 2.16. The molecule has 5 nitrogen and oxygen atoms in total. The average molecular weight is 329 g/mol. The minimum Gasteiger partial charge on any atom is -0.459 e. The first-order valence-corrected chi connectivity index (χ1v) is 7.83. The van der Waals surface area contributed by atoms with Gasteiger partial charge in [0.05, 0.1) is 11.5 Å². The number of hydrogen-bond donors (Lipinski definition) is 0. The monoisotopic (exact) mass is 329 g/mol. The maximum absolute atomic E-state index is 12.2. The highest BCUT2D eigenvalue weighted by molar-refractivity contribution is 7.12. The number of anilines is 1. The molecule has 0 aliphatic carbocycles. The van der Waals surface area contributed by atoms with Crippen molar-refractivity contribution in [1.82, 2.24) is 0 Å². The summed E-state index contributed by atoms with van der Waals surface area (Å²) in [6, 6.07) is 12.0. The van der Waals surface area contributed by atoms with E-state index in [9.17, 15) is 14.4 Å². The molecule has 0 spiro atoms. The Hall–Kier alpha value is -2.73. The molecule has 1 aromatic carbocycles. The number of esters is 1. The van der Waals surface area contributed by atoms with Crippen LogP contribution in [0, 0.1) is 0 Å². The first-order chi connectivity index (χ1) is 11.1. The van der Waals surface area contributed by atoms with Crippen molar-refractivity contribution >= 4 is 34.7 Å². The molecule has 0 radical (unpaired) electrons. The van der Waals surface area contributed by atoms with Crippen LogP contribution < -0.4 is 4.90 Å². The fraction of sp³-hybridized carbons (Fsp3) is 0.118. The topological polar surface area (TPSA) is 63.7 Å². The molecule has 0 fully saturated rings. The van der Waals surface area contributed by atoms with Crippen LogP contribution in [0.5, 0.6) is 0 Å². The van der Waals surface area contributed by atoms with Crippen molar-refractivity contribution in [3.63, 3.8) is 0 Å². The lowest BCUT2D eigenvalue weighted by molar-refractivity contribution is -0.153. The van der Waals surface area contributed by atoms with Crippen LogP contribution in [0.4, 0.5) is 5.69 Å². The summed E-state index contributed by atoms with van der Waals surface area (Å²) in [7, 11) is 0. The Balaban J connectivity index is 2.25. The van der Waals surface area contributed by atoms with Crippen LogP contribution in [0.15, 0.2) is 60.1 Å². The van der Waals surface area contributed by atoms with E-state index in [4.69, 9.17) is 4.74 Å². The Kier molecular flexibility index (Phi) is 5.82. The summed E-state index contributed by atoms with van der Waals surface area (Å²) < 4.78 is 4.74. The SMILES string of the molecule is CCOC(=O)C(=O)N(/C=C/C(=O)c1cccs1)c1ccccc1. The Bertz CT molecular complexity index is 707. The van der Waals surface area contributed by atoms with Gasteiger partial charge in [-0.3, -0.25) is 14.5 Å². The molecular weight excluding hydrogens is 314 g/mol. The van der Waals surface area contributed by atoms with Gasteiger partial charge in [-0.25, -0.2) is 4.79 Å². The lowest BCUT2D eigenvalue weighted by Gasteiger charge is -2.17. The summed E-state index contributed by atoms with van der Waals surface area (Å²) in [5, 5.41) is 1.79. The molecule has 0 unspecified atom stereocenters. The van der Waals surface area contributed by atoms with E-state index in [0.29, 0.717) is 10.6 Å².